The van der Waals surface area contributed by atoms with E-state index in [1.165, 1.54) is 18.9 Å². The molecule has 150 valence electrons. The van der Waals surface area contributed by atoms with Crippen LogP contribution in [0, 0.1) is 5.92 Å². The van der Waals surface area contributed by atoms with Gasteiger partial charge in [-0.15, -0.1) is 0 Å². The van der Waals surface area contributed by atoms with E-state index in [1.54, 1.807) is 18.2 Å². The second kappa shape index (κ2) is 8.79. The van der Waals surface area contributed by atoms with Gasteiger partial charge in [0.1, 0.15) is 5.02 Å². The summed E-state index contributed by atoms with van der Waals surface area (Å²) >= 11 is 5.87. The average molecular weight is 415 g/mol. The zero-order chi connectivity index (χ0) is 20.1. The minimum atomic E-state index is -4.51. The molecule has 0 radical (unpaired) electrons. The Morgan fingerprint density at radius 2 is 2.07 bits per heavy atom. The van der Waals surface area contributed by atoms with E-state index in [1.807, 2.05) is 6.07 Å². The van der Waals surface area contributed by atoms with Gasteiger partial charge in [0.15, 0.2) is 6.61 Å². The third kappa shape index (κ3) is 6.38. The minimum Gasteiger partial charge on any atom is -0.467 e. The fraction of sp³-hybridized carbons (Fsp3) is 0.368. The first-order valence-corrected chi connectivity index (χ1v) is 9.01. The van der Waals surface area contributed by atoms with Crippen LogP contribution in [-0.2, 0) is 11.3 Å². The average Bonchev–Trinajstić information content (AvgIpc) is 3.44. The van der Waals surface area contributed by atoms with Gasteiger partial charge in [-0.3, -0.25) is 4.79 Å². The van der Waals surface area contributed by atoms with Crippen LogP contribution in [0.5, 0.6) is 5.88 Å². The van der Waals surface area contributed by atoms with Gasteiger partial charge in [-0.2, -0.15) is 13.2 Å². The fourth-order valence-corrected chi connectivity index (χ4v) is 2.60. The number of ether oxygens (including phenoxy) is 2. The first kappa shape index (κ1) is 20.4. The van der Waals surface area contributed by atoms with Crippen LogP contribution in [-0.4, -0.2) is 30.3 Å². The molecule has 0 aliphatic heterocycles. The van der Waals surface area contributed by atoms with Gasteiger partial charge < -0.3 is 14.8 Å². The molecule has 2 aromatic rings. The molecule has 0 atom stereocenters. The maximum Gasteiger partial charge on any atom is 0.422 e. The summed E-state index contributed by atoms with van der Waals surface area (Å²) in [5, 5.41) is 2.52. The van der Waals surface area contributed by atoms with Crippen molar-refractivity contribution in [3.63, 3.8) is 0 Å². The highest BCUT2D eigenvalue weighted by Gasteiger charge is 2.29. The topological polar surface area (TPSA) is 60.5 Å². The molecule has 1 fully saturated rings. The number of carbonyl (C=O) groups excluding carboxylic acids is 1. The lowest BCUT2D eigenvalue weighted by atomic mass is 10.2. The van der Waals surface area contributed by atoms with Gasteiger partial charge in [-0.05, 0) is 42.5 Å². The van der Waals surface area contributed by atoms with Crippen molar-refractivity contribution in [2.24, 2.45) is 5.92 Å². The van der Waals surface area contributed by atoms with Crippen molar-refractivity contribution in [1.82, 2.24) is 4.98 Å². The molecular weight excluding hydrogens is 397 g/mol. The number of nitrogens with zero attached hydrogens (tertiary/aromatic N) is 1. The van der Waals surface area contributed by atoms with Crippen molar-refractivity contribution in [3.05, 3.63) is 52.7 Å². The van der Waals surface area contributed by atoms with Crippen LogP contribution in [0.1, 0.15) is 28.8 Å². The maximum absolute atomic E-state index is 12.4. The molecule has 1 amide bonds. The number of benzene rings is 1. The summed E-state index contributed by atoms with van der Waals surface area (Å²) in [5.74, 6) is -0.207. The smallest absolute Gasteiger partial charge is 0.422 e. The number of alkyl halides is 3. The van der Waals surface area contributed by atoms with Crippen molar-refractivity contribution in [2.75, 3.05) is 18.5 Å². The molecule has 28 heavy (non-hydrogen) atoms. The van der Waals surface area contributed by atoms with Crippen molar-refractivity contribution >= 4 is 23.2 Å². The second-order valence-electron chi connectivity index (χ2n) is 6.53. The number of pyridine rings is 1. The van der Waals surface area contributed by atoms with Gasteiger partial charge in [-0.25, -0.2) is 4.98 Å². The molecule has 1 N–H and O–H groups in total. The predicted molar refractivity (Wildman–Crippen MR) is 97.6 cm³/mol. The summed E-state index contributed by atoms with van der Waals surface area (Å²) in [6.45, 7) is -0.316. The van der Waals surface area contributed by atoms with E-state index in [4.69, 9.17) is 16.3 Å². The van der Waals surface area contributed by atoms with E-state index in [-0.39, 0.29) is 16.5 Å². The van der Waals surface area contributed by atoms with Crippen molar-refractivity contribution < 1.29 is 27.4 Å². The van der Waals surface area contributed by atoms with Gasteiger partial charge in [0.2, 0.25) is 5.88 Å². The molecule has 1 aliphatic carbocycles. The highest BCUT2D eigenvalue weighted by molar-refractivity contribution is 6.32. The van der Waals surface area contributed by atoms with E-state index in [2.05, 4.69) is 15.0 Å². The highest BCUT2D eigenvalue weighted by atomic mass is 35.5. The molecular formula is C19H18ClF3N2O3. The van der Waals surface area contributed by atoms with Gasteiger partial charge in [-0.1, -0.05) is 23.7 Å². The lowest BCUT2D eigenvalue weighted by Gasteiger charge is -2.11. The molecule has 0 spiro atoms. The Kier molecular flexibility index (Phi) is 6.41. The molecule has 1 heterocycles. The van der Waals surface area contributed by atoms with Gasteiger partial charge in [0, 0.05) is 18.5 Å². The molecule has 5 nitrogen and oxygen atoms in total. The Labute approximate surface area is 164 Å². The van der Waals surface area contributed by atoms with E-state index < -0.39 is 18.7 Å². The molecule has 3 rings (SSSR count). The molecule has 1 aliphatic rings. The van der Waals surface area contributed by atoms with Crippen molar-refractivity contribution in [1.29, 1.82) is 0 Å². The third-order valence-corrected chi connectivity index (χ3v) is 4.22. The van der Waals surface area contributed by atoms with E-state index in [0.717, 1.165) is 18.4 Å². The number of amides is 1. The third-order valence-electron chi connectivity index (χ3n) is 3.95. The van der Waals surface area contributed by atoms with E-state index >= 15 is 0 Å². The summed E-state index contributed by atoms with van der Waals surface area (Å²) < 4.78 is 46.8. The Bertz CT molecular complexity index is 841. The van der Waals surface area contributed by atoms with Crippen LogP contribution in [0.15, 0.2) is 36.5 Å². The van der Waals surface area contributed by atoms with Crippen LogP contribution >= 0.6 is 11.6 Å². The number of aromatic nitrogens is 1. The van der Waals surface area contributed by atoms with Gasteiger partial charge in [0.05, 0.1) is 12.2 Å². The van der Waals surface area contributed by atoms with Crippen LogP contribution in [0.2, 0.25) is 5.02 Å². The summed E-state index contributed by atoms with van der Waals surface area (Å²) in [6, 6.07) is 8.41. The molecule has 0 unspecified atom stereocenters. The number of nitrogens with one attached hydrogen (secondary N) is 1. The molecule has 1 aromatic carbocycles. The Balaban J connectivity index is 1.58. The first-order chi connectivity index (χ1) is 13.3. The quantitative estimate of drug-likeness (QED) is 0.670. The second-order valence-corrected chi connectivity index (χ2v) is 6.94. The maximum atomic E-state index is 12.4. The molecule has 1 aromatic heterocycles. The van der Waals surface area contributed by atoms with Crippen LogP contribution in [0.4, 0.5) is 18.9 Å². The highest BCUT2D eigenvalue weighted by Crippen LogP contribution is 2.29. The summed E-state index contributed by atoms with van der Waals surface area (Å²) in [7, 11) is 0. The molecule has 0 saturated heterocycles. The van der Waals surface area contributed by atoms with E-state index in [9.17, 15) is 18.0 Å². The van der Waals surface area contributed by atoms with Gasteiger partial charge in [0.25, 0.3) is 5.91 Å². The Morgan fingerprint density at radius 3 is 2.75 bits per heavy atom. The van der Waals surface area contributed by atoms with Crippen LogP contribution < -0.4 is 10.1 Å². The fourth-order valence-electron chi connectivity index (χ4n) is 2.38. The summed E-state index contributed by atoms with van der Waals surface area (Å²) in [4.78, 5) is 16.0. The summed E-state index contributed by atoms with van der Waals surface area (Å²) in [5.41, 5.74) is 1.58. The van der Waals surface area contributed by atoms with E-state index in [0.29, 0.717) is 18.2 Å². The standard InChI is InChI=1S/C19H18ClF3N2O3/c20-16-7-14(8-24-18(16)28-11-19(21,22)23)17(26)25-15-3-1-2-13(6-15)10-27-9-12-4-5-12/h1-3,6-8,12H,4-5,9-11H2,(H,25,26). The normalized spacial score (nSPS) is 14.0. The molecule has 0 bridgehead atoms. The van der Waals surface area contributed by atoms with Crippen molar-refractivity contribution in [3.8, 4) is 5.88 Å². The van der Waals surface area contributed by atoms with Crippen molar-refractivity contribution in [2.45, 2.75) is 25.6 Å². The lowest BCUT2D eigenvalue weighted by molar-refractivity contribution is -0.154. The molecule has 1 saturated carbocycles. The number of hydrogen-bond acceptors (Lipinski definition) is 4. The zero-order valence-electron chi connectivity index (χ0n) is 14.8. The van der Waals surface area contributed by atoms with Gasteiger partial charge >= 0.3 is 6.18 Å². The minimum absolute atomic E-state index is 0.0970. The largest absolute Gasteiger partial charge is 0.467 e. The first-order valence-electron chi connectivity index (χ1n) is 8.63. The Hall–Kier alpha value is -2.32. The monoisotopic (exact) mass is 414 g/mol. The number of rotatable bonds is 8. The number of carbonyl (C=O) groups is 1. The Morgan fingerprint density at radius 1 is 1.29 bits per heavy atom. The zero-order valence-corrected chi connectivity index (χ0v) is 15.5. The van der Waals surface area contributed by atoms with Crippen LogP contribution in [0.3, 0.4) is 0 Å². The predicted octanol–water partition coefficient (Wildman–Crippen LogP) is 4.86. The molecule has 9 heteroatoms. The number of hydrogen-bond donors (Lipinski definition) is 1. The summed E-state index contributed by atoms with van der Waals surface area (Å²) in [6.07, 6.45) is -0.969. The number of anilines is 1. The lowest BCUT2D eigenvalue weighted by Crippen LogP contribution is -2.20. The SMILES string of the molecule is O=C(Nc1cccc(COCC2CC2)c1)c1cnc(OCC(F)(F)F)c(Cl)c1. The number of halogens is 4. The van der Waals surface area contributed by atoms with Crippen LogP contribution in [0.25, 0.3) is 0 Å².